The molecule has 0 radical (unpaired) electrons. The molecule has 2 heterocycles. The van der Waals surface area contributed by atoms with Gasteiger partial charge in [0.1, 0.15) is 4.60 Å². The second-order valence-corrected chi connectivity index (χ2v) is 7.39. The molecule has 5 nitrogen and oxygen atoms in total. The molecule has 8 heteroatoms. The van der Waals surface area contributed by atoms with Crippen molar-refractivity contribution in [2.45, 2.75) is 20.4 Å². The van der Waals surface area contributed by atoms with Gasteiger partial charge in [0, 0.05) is 22.5 Å². The van der Waals surface area contributed by atoms with Gasteiger partial charge in [-0.3, -0.25) is 4.79 Å². The Balaban J connectivity index is 1.95. The van der Waals surface area contributed by atoms with Gasteiger partial charge in [-0.15, -0.1) is 0 Å². The molecule has 1 N–H and O–H groups in total. The van der Waals surface area contributed by atoms with Gasteiger partial charge in [0.05, 0.1) is 17.3 Å². The molecule has 3 aromatic rings. The van der Waals surface area contributed by atoms with Crippen molar-refractivity contribution in [3.63, 3.8) is 0 Å². The van der Waals surface area contributed by atoms with E-state index in [9.17, 15) is 4.79 Å². The van der Waals surface area contributed by atoms with Crippen molar-refractivity contribution in [1.29, 1.82) is 0 Å². The minimum Gasteiger partial charge on any atom is -0.379 e. The number of benzene rings is 1. The van der Waals surface area contributed by atoms with E-state index in [1.54, 1.807) is 29.1 Å². The zero-order valence-corrected chi connectivity index (χ0v) is 17.2. The first-order valence-corrected chi connectivity index (χ1v) is 9.32. The smallest absolute Gasteiger partial charge is 0.172 e. The number of halogens is 3. The van der Waals surface area contributed by atoms with E-state index in [0.717, 1.165) is 16.9 Å². The maximum absolute atomic E-state index is 12.0. The van der Waals surface area contributed by atoms with E-state index in [1.807, 2.05) is 19.1 Å². The van der Waals surface area contributed by atoms with Crippen LogP contribution in [0, 0.1) is 6.92 Å². The van der Waals surface area contributed by atoms with Gasteiger partial charge in [0.25, 0.3) is 0 Å². The lowest BCUT2D eigenvalue weighted by atomic mass is 10.0. The number of aryl methyl sites for hydroxylation is 1. The molecule has 3 rings (SSSR count). The quantitative estimate of drug-likeness (QED) is 0.521. The van der Waals surface area contributed by atoms with Crippen LogP contribution in [0.15, 0.2) is 41.1 Å². The van der Waals surface area contributed by atoms with Crippen LogP contribution in [0.3, 0.4) is 0 Å². The van der Waals surface area contributed by atoms with Crippen LogP contribution >= 0.6 is 39.1 Å². The van der Waals surface area contributed by atoms with Gasteiger partial charge in [0.2, 0.25) is 0 Å². The number of aromatic nitrogens is 3. The normalized spacial score (nSPS) is 10.8. The lowest BCUT2D eigenvalue weighted by Crippen LogP contribution is -2.11. The predicted octanol–water partition coefficient (Wildman–Crippen LogP) is 5.46. The highest BCUT2D eigenvalue weighted by Gasteiger charge is 2.15. The number of hydrogen-bond acceptors (Lipinski definition) is 4. The molecular weight excluding hydrogens is 439 g/mol. The summed E-state index contributed by atoms with van der Waals surface area (Å²) in [4.78, 5) is 16.3. The molecule has 0 spiro atoms. The highest BCUT2D eigenvalue weighted by Crippen LogP contribution is 2.27. The summed E-state index contributed by atoms with van der Waals surface area (Å²) in [6.07, 6.45) is 1.66. The standard InChI is InChI=1S/C18H15BrCl2N4O/c1-10-6-12(20)7-14(11(2)26)17(10)23-9-13-8-16(19)24-25(13)18-15(21)4-3-5-22-18/h3-8,23H,9H2,1-2H3. The van der Waals surface area contributed by atoms with Gasteiger partial charge in [-0.1, -0.05) is 23.2 Å². The predicted molar refractivity (Wildman–Crippen MR) is 108 cm³/mol. The molecule has 0 fully saturated rings. The maximum Gasteiger partial charge on any atom is 0.172 e. The van der Waals surface area contributed by atoms with E-state index >= 15 is 0 Å². The highest BCUT2D eigenvalue weighted by atomic mass is 79.9. The molecule has 0 atom stereocenters. The largest absolute Gasteiger partial charge is 0.379 e. The van der Waals surface area contributed by atoms with E-state index in [-0.39, 0.29) is 5.78 Å². The van der Waals surface area contributed by atoms with Crippen molar-refractivity contribution in [3.8, 4) is 5.82 Å². The SMILES string of the molecule is CC(=O)c1cc(Cl)cc(C)c1NCc1cc(Br)nn1-c1ncccc1Cl. The summed E-state index contributed by atoms with van der Waals surface area (Å²) in [5.74, 6) is 0.483. The van der Waals surface area contributed by atoms with Crippen molar-refractivity contribution in [3.05, 3.63) is 68.0 Å². The molecule has 134 valence electrons. The fourth-order valence-electron chi connectivity index (χ4n) is 2.66. The maximum atomic E-state index is 12.0. The van der Waals surface area contributed by atoms with Crippen LogP contribution in [0.5, 0.6) is 0 Å². The van der Waals surface area contributed by atoms with E-state index in [1.165, 1.54) is 6.92 Å². The number of anilines is 1. The van der Waals surface area contributed by atoms with E-state index in [4.69, 9.17) is 23.2 Å². The average Bonchev–Trinajstić information content (AvgIpc) is 2.94. The van der Waals surface area contributed by atoms with Crippen LogP contribution in [0.2, 0.25) is 10.0 Å². The first-order chi connectivity index (χ1) is 12.4. The molecular formula is C18H15BrCl2N4O. The van der Waals surface area contributed by atoms with Gasteiger partial charge in [0.15, 0.2) is 11.6 Å². The Morgan fingerprint density at radius 3 is 2.77 bits per heavy atom. The zero-order chi connectivity index (χ0) is 18.8. The zero-order valence-electron chi connectivity index (χ0n) is 14.1. The Morgan fingerprint density at radius 1 is 1.31 bits per heavy atom. The van der Waals surface area contributed by atoms with Crippen molar-refractivity contribution < 1.29 is 4.79 Å². The summed E-state index contributed by atoms with van der Waals surface area (Å²) in [6, 6.07) is 8.88. The number of nitrogens with one attached hydrogen (secondary N) is 1. The van der Waals surface area contributed by atoms with Crippen molar-refractivity contribution in [1.82, 2.24) is 14.8 Å². The summed E-state index contributed by atoms with van der Waals surface area (Å²) >= 11 is 15.7. The van der Waals surface area contributed by atoms with Crippen LogP contribution in [0.25, 0.3) is 5.82 Å². The topological polar surface area (TPSA) is 59.8 Å². The first kappa shape index (κ1) is 18.9. The van der Waals surface area contributed by atoms with Gasteiger partial charge in [-0.2, -0.15) is 5.10 Å². The van der Waals surface area contributed by atoms with Crippen LogP contribution < -0.4 is 5.32 Å². The van der Waals surface area contributed by atoms with Crippen LogP contribution in [0.4, 0.5) is 5.69 Å². The number of rotatable bonds is 5. The summed E-state index contributed by atoms with van der Waals surface area (Å²) in [6.45, 7) is 3.85. The number of carbonyl (C=O) groups is 1. The fourth-order valence-corrected chi connectivity index (χ4v) is 3.56. The number of Topliss-reactive ketones (excluding diaryl/α,β-unsaturated/α-hetero) is 1. The molecule has 0 saturated carbocycles. The minimum atomic E-state index is -0.0550. The molecule has 2 aromatic heterocycles. The fraction of sp³-hybridized carbons (Fsp3) is 0.167. The van der Waals surface area contributed by atoms with E-state index in [0.29, 0.717) is 32.6 Å². The second kappa shape index (κ2) is 7.78. The van der Waals surface area contributed by atoms with Crippen molar-refractivity contribution in [2.24, 2.45) is 0 Å². The van der Waals surface area contributed by atoms with Gasteiger partial charge in [-0.05, 0) is 65.7 Å². The van der Waals surface area contributed by atoms with Crippen LogP contribution in [-0.2, 0) is 6.54 Å². The van der Waals surface area contributed by atoms with Gasteiger partial charge < -0.3 is 5.32 Å². The van der Waals surface area contributed by atoms with Crippen molar-refractivity contribution >= 4 is 50.6 Å². The van der Waals surface area contributed by atoms with E-state index in [2.05, 4.69) is 31.3 Å². The first-order valence-electron chi connectivity index (χ1n) is 7.77. The monoisotopic (exact) mass is 452 g/mol. The number of carbonyl (C=O) groups excluding carboxylic acids is 1. The Kier molecular flexibility index (Phi) is 5.65. The third-order valence-electron chi connectivity index (χ3n) is 3.82. The Labute approximate surface area is 169 Å². The summed E-state index contributed by atoms with van der Waals surface area (Å²) in [5.41, 5.74) is 3.03. The van der Waals surface area contributed by atoms with Gasteiger partial charge in [-0.25, -0.2) is 9.67 Å². The Bertz CT molecular complexity index is 987. The highest BCUT2D eigenvalue weighted by molar-refractivity contribution is 9.10. The molecule has 0 amide bonds. The van der Waals surface area contributed by atoms with Crippen LogP contribution in [-0.4, -0.2) is 20.5 Å². The summed E-state index contributed by atoms with van der Waals surface area (Å²) in [5, 5.41) is 8.75. The third-order valence-corrected chi connectivity index (χ3v) is 4.72. The molecule has 0 saturated heterocycles. The second-order valence-electron chi connectivity index (χ2n) is 5.73. The molecule has 26 heavy (non-hydrogen) atoms. The van der Waals surface area contributed by atoms with E-state index < -0.39 is 0 Å². The van der Waals surface area contributed by atoms with Gasteiger partial charge >= 0.3 is 0 Å². The molecule has 0 aliphatic carbocycles. The Morgan fingerprint density at radius 2 is 2.08 bits per heavy atom. The van der Waals surface area contributed by atoms with Crippen LogP contribution in [0.1, 0.15) is 28.5 Å². The number of nitrogens with zero attached hydrogens (tertiary/aromatic N) is 3. The Hall–Kier alpha value is -1.89. The summed E-state index contributed by atoms with van der Waals surface area (Å²) < 4.78 is 2.33. The molecule has 0 unspecified atom stereocenters. The molecule has 0 aliphatic rings. The lowest BCUT2D eigenvalue weighted by molar-refractivity contribution is 0.101. The average molecular weight is 454 g/mol. The third kappa shape index (κ3) is 3.92. The number of hydrogen-bond donors (Lipinski definition) is 1. The minimum absolute atomic E-state index is 0.0550. The van der Waals surface area contributed by atoms with Crippen molar-refractivity contribution in [2.75, 3.05) is 5.32 Å². The lowest BCUT2D eigenvalue weighted by Gasteiger charge is -2.15. The number of pyridine rings is 1. The number of ketones is 1. The summed E-state index contributed by atoms with van der Waals surface area (Å²) in [7, 11) is 0. The molecule has 1 aromatic carbocycles. The molecule has 0 bridgehead atoms. The molecule has 0 aliphatic heterocycles.